The van der Waals surface area contributed by atoms with Gasteiger partial charge in [-0.25, -0.2) is 0 Å². The Kier molecular flexibility index (Phi) is 7.32. The van der Waals surface area contributed by atoms with Crippen molar-refractivity contribution in [2.24, 2.45) is 11.3 Å². The number of carbonyl (C=O) groups excluding carboxylic acids is 1. The maximum Gasteiger partial charge on any atom is 0.222 e. The van der Waals surface area contributed by atoms with E-state index in [-0.39, 0.29) is 16.9 Å². The lowest BCUT2D eigenvalue weighted by molar-refractivity contribution is -0.135. The van der Waals surface area contributed by atoms with Crippen LogP contribution in [0.2, 0.25) is 0 Å². The van der Waals surface area contributed by atoms with Crippen LogP contribution in [0.15, 0.2) is 24.3 Å². The minimum atomic E-state index is -0.0852. The Morgan fingerprint density at radius 2 is 1.93 bits per heavy atom. The van der Waals surface area contributed by atoms with E-state index >= 15 is 0 Å². The Morgan fingerprint density at radius 1 is 1.26 bits per heavy atom. The minimum absolute atomic E-state index is 0.0852. The van der Waals surface area contributed by atoms with Crippen molar-refractivity contribution in [2.45, 2.75) is 72.4 Å². The second kappa shape index (κ2) is 9.09. The summed E-state index contributed by atoms with van der Waals surface area (Å²) < 4.78 is 11.2. The van der Waals surface area contributed by atoms with Gasteiger partial charge in [-0.15, -0.1) is 0 Å². The largest absolute Gasteiger partial charge is 0.497 e. The number of hydrogen-bond donors (Lipinski definition) is 0. The average molecular weight is 376 g/mol. The monoisotopic (exact) mass is 375 g/mol. The lowest BCUT2D eigenvalue weighted by Crippen LogP contribution is -2.46. The van der Waals surface area contributed by atoms with E-state index in [2.05, 4.69) is 27.7 Å². The van der Waals surface area contributed by atoms with Gasteiger partial charge in [0.15, 0.2) is 0 Å². The van der Waals surface area contributed by atoms with E-state index in [1.807, 2.05) is 36.1 Å². The van der Waals surface area contributed by atoms with Crippen molar-refractivity contribution in [1.29, 1.82) is 0 Å². The molecule has 1 aliphatic rings. The van der Waals surface area contributed by atoms with Gasteiger partial charge in [-0.3, -0.25) is 4.79 Å². The van der Waals surface area contributed by atoms with Gasteiger partial charge < -0.3 is 14.4 Å². The average Bonchev–Trinajstić information content (AvgIpc) is 2.64. The van der Waals surface area contributed by atoms with E-state index < -0.39 is 0 Å². The number of amides is 1. The summed E-state index contributed by atoms with van der Waals surface area (Å²) >= 11 is 0. The number of rotatable bonds is 8. The Bertz CT molecular complexity index is 609. The van der Waals surface area contributed by atoms with E-state index in [0.717, 1.165) is 43.7 Å². The maximum absolute atomic E-state index is 12.6. The van der Waals surface area contributed by atoms with E-state index in [0.29, 0.717) is 18.9 Å². The predicted octanol–water partition coefficient (Wildman–Crippen LogP) is 5.06. The standard InChI is InChI=1S/C23H37NO3/c1-7-21(25)24(16-19-8-10-20(26-6)11-9-19)14-12-23(18(2)3)13-15-27-22(4,5)17-23/h8-11,18H,7,12-17H2,1-6H3/t23-/m1/s1. The predicted molar refractivity (Wildman–Crippen MR) is 110 cm³/mol. The van der Waals surface area contributed by atoms with Crippen molar-refractivity contribution in [2.75, 3.05) is 20.3 Å². The number of ether oxygens (including phenoxy) is 2. The molecule has 1 amide bonds. The van der Waals surface area contributed by atoms with Gasteiger partial charge in [-0.05, 0) is 62.1 Å². The molecule has 1 saturated heterocycles. The zero-order chi connectivity index (χ0) is 20.1. The molecule has 1 atom stereocenters. The molecule has 0 bridgehead atoms. The first-order valence-electron chi connectivity index (χ1n) is 10.3. The smallest absolute Gasteiger partial charge is 0.222 e. The van der Waals surface area contributed by atoms with Crippen LogP contribution in [0.5, 0.6) is 5.75 Å². The first-order chi connectivity index (χ1) is 12.7. The third-order valence-corrected chi connectivity index (χ3v) is 6.16. The van der Waals surface area contributed by atoms with Gasteiger partial charge in [0.2, 0.25) is 5.91 Å². The van der Waals surface area contributed by atoms with Crippen LogP contribution < -0.4 is 4.74 Å². The lowest BCUT2D eigenvalue weighted by atomic mass is 9.65. The van der Waals surface area contributed by atoms with Crippen molar-refractivity contribution in [3.8, 4) is 5.75 Å². The number of hydrogen-bond acceptors (Lipinski definition) is 3. The molecular weight excluding hydrogens is 338 g/mol. The third-order valence-electron chi connectivity index (χ3n) is 6.16. The number of methoxy groups -OCH3 is 1. The summed E-state index contributed by atoms with van der Waals surface area (Å²) in [6.45, 7) is 13.2. The highest BCUT2D eigenvalue weighted by Crippen LogP contribution is 2.47. The van der Waals surface area contributed by atoms with Gasteiger partial charge in [0.05, 0.1) is 12.7 Å². The number of carbonyl (C=O) groups is 1. The quantitative estimate of drug-likeness (QED) is 0.638. The van der Waals surface area contributed by atoms with Crippen LogP contribution in [0.1, 0.15) is 65.9 Å². The van der Waals surface area contributed by atoms with Crippen LogP contribution in [0.25, 0.3) is 0 Å². The van der Waals surface area contributed by atoms with Crippen LogP contribution in [-0.4, -0.2) is 36.7 Å². The van der Waals surface area contributed by atoms with Crippen LogP contribution >= 0.6 is 0 Å². The molecule has 1 fully saturated rings. The van der Waals surface area contributed by atoms with Gasteiger partial charge in [-0.1, -0.05) is 32.9 Å². The molecule has 1 heterocycles. The summed E-state index contributed by atoms with van der Waals surface area (Å²) in [4.78, 5) is 14.6. The van der Waals surface area contributed by atoms with E-state index in [1.54, 1.807) is 7.11 Å². The van der Waals surface area contributed by atoms with E-state index in [9.17, 15) is 4.79 Å². The fourth-order valence-electron chi connectivity index (χ4n) is 4.34. The van der Waals surface area contributed by atoms with E-state index in [1.165, 1.54) is 0 Å². The fourth-order valence-corrected chi connectivity index (χ4v) is 4.34. The van der Waals surface area contributed by atoms with Gasteiger partial charge in [0.1, 0.15) is 5.75 Å². The highest BCUT2D eigenvalue weighted by atomic mass is 16.5. The Morgan fingerprint density at radius 3 is 2.44 bits per heavy atom. The molecule has 27 heavy (non-hydrogen) atoms. The van der Waals surface area contributed by atoms with Crippen molar-refractivity contribution >= 4 is 5.91 Å². The fraction of sp³-hybridized carbons (Fsp3) is 0.696. The number of nitrogens with zero attached hydrogens (tertiary/aromatic N) is 1. The summed E-state index contributed by atoms with van der Waals surface area (Å²) in [6.07, 6.45) is 3.69. The molecule has 1 aliphatic heterocycles. The molecule has 4 nitrogen and oxygen atoms in total. The zero-order valence-electron chi connectivity index (χ0n) is 18.0. The summed E-state index contributed by atoms with van der Waals surface area (Å²) in [5.74, 6) is 1.63. The Hall–Kier alpha value is -1.55. The van der Waals surface area contributed by atoms with Crippen molar-refractivity contribution < 1.29 is 14.3 Å². The van der Waals surface area contributed by atoms with Crippen LogP contribution in [-0.2, 0) is 16.1 Å². The first kappa shape index (κ1) is 21.7. The van der Waals surface area contributed by atoms with Gasteiger partial charge in [0.25, 0.3) is 0 Å². The molecule has 0 unspecified atom stereocenters. The van der Waals surface area contributed by atoms with Crippen LogP contribution in [0, 0.1) is 11.3 Å². The van der Waals surface area contributed by atoms with Gasteiger partial charge in [0, 0.05) is 26.1 Å². The summed E-state index contributed by atoms with van der Waals surface area (Å²) in [5.41, 5.74) is 1.29. The molecule has 4 heteroatoms. The Balaban J connectivity index is 2.11. The second-order valence-electron chi connectivity index (χ2n) is 8.82. The summed E-state index contributed by atoms with van der Waals surface area (Å²) in [5, 5.41) is 0. The molecule has 1 aromatic carbocycles. The normalized spacial score (nSPS) is 21.9. The molecule has 0 aliphatic carbocycles. The number of benzene rings is 1. The molecular formula is C23H37NO3. The molecule has 0 N–H and O–H groups in total. The van der Waals surface area contributed by atoms with E-state index in [4.69, 9.17) is 9.47 Å². The second-order valence-corrected chi connectivity index (χ2v) is 8.82. The topological polar surface area (TPSA) is 38.8 Å². The highest BCUT2D eigenvalue weighted by Gasteiger charge is 2.43. The molecule has 0 saturated carbocycles. The highest BCUT2D eigenvalue weighted by molar-refractivity contribution is 5.75. The van der Waals surface area contributed by atoms with Gasteiger partial charge in [-0.2, -0.15) is 0 Å². The third kappa shape index (κ3) is 5.71. The van der Waals surface area contributed by atoms with Crippen LogP contribution in [0.3, 0.4) is 0 Å². The summed E-state index contributed by atoms with van der Waals surface area (Å²) in [6, 6.07) is 8.01. The van der Waals surface area contributed by atoms with Gasteiger partial charge >= 0.3 is 0 Å². The van der Waals surface area contributed by atoms with Crippen molar-refractivity contribution in [3.63, 3.8) is 0 Å². The Labute approximate surface area is 165 Å². The van der Waals surface area contributed by atoms with Crippen LogP contribution in [0.4, 0.5) is 0 Å². The first-order valence-corrected chi connectivity index (χ1v) is 10.3. The molecule has 0 spiro atoms. The van der Waals surface area contributed by atoms with Crippen molar-refractivity contribution in [3.05, 3.63) is 29.8 Å². The summed E-state index contributed by atoms with van der Waals surface area (Å²) in [7, 11) is 1.67. The molecule has 152 valence electrons. The zero-order valence-corrected chi connectivity index (χ0v) is 18.0. The maximum atomic E-state index is 12.6. The molecule has 0 radical (unpaired) electrons. The minimum Gasteiger partial charge on any atom is -0.497 e. The molecule has 0 aromatic heterocycles. The molecule has 2 rings (SSSR count). The van der Waals surface area contributed by atoms with Crippen molar-refractivity contribution in [1.82, 2.24) is 4.90 Å². The molecule has 1 aromatic rings. The SMILES string of the molecule is CCC(=O)N(CC[C@@]1(C(C)C)CCOC(C)(C)C1)Cc1ccc(OC)cc1. The lowest BCUT2D eigenvalue weighted by Gasteiger charge is -2.48.